The Hall–Kier alpha value is -1.87. The molecule has 0 saturated heterocycles. The summed E-state index contributed by atoms with van der Waals surface area (Å²) in [6.45, 7) is 0. The average Bonchev–Trinajstić information content (AvgIpc) is 2.93. The third kappa shape index (κ3) is 2.66. The molecule has 3 rings (SSSR count). The normalized spacial score (nSPS) is 18.3. The number of rotatable bonds is 4. The largest absolute Gasteiger partial charge is 0.494 e. The Morgan fingerprint density at radius 3 is 2.86 bits per heavy atom. The molecule has 0 radical (unpaired) electrons. The van der Waals surface area contributed by atoms with Crippen LogP contribution < -0.4 is 10.5 Å². The van der Waals surface area contributed by atoms with Crippen molar-refractivity contribution in [3.63, 3.8) is 0 Å². The van der Waals surface area contributed by atoms with Crippen LogP contribution in [-0.4, -0.2) is 13.2 Å². The predicted octanol–water partition coefficient (Wildman–Crippen LogP) is 3.43. The van der Waals surface area contributed by atoms with E-state index in [1.807, 2.05) is 6.07 Å². The zero-order valence-corrected chi connectivity index (χ0v) is 12.2. The fraction of sp³-hybridized carbons (Fsp3) is 0.333. The van der Waals surface area contributed by atoms with E-state index in [1.165, 1.54) is 18.2 Å². The van der Waals surface area contributed by atoms with Gasteiger partial charge in [-0.2, -0.15) is 0 Å². The number of ether oxygens (including phenoxy) is 1. The molecule has 2 aromatic rings. The molecule has 0 fully saturated rings. The van der Waals surface area contributed by atoms with Crippen molar-refractivity contribution >= 4 is 0 Å². The van der Waals surface area contributed by atoms with Crippen LogP contribution in [0.5, 0.6) is 5.75 Å². The highest BCUT2D eigenvalue weighted by molar-refractivity contribution is 5.37. The minimum absolute atomic E-state index is 0.0738. The molecule has 0 bridgehead atoms. The highest BCUT2D eigenvalue weighted by atomic mass is 19.1. The third-order valence-corrected chi connectivity index (χ3v) is 4.41. The van der Waals surface area contributed by atoms with Gasteiger partial charge in [-0.3, -0.25) is 0 Å². The number of hydrogen-bond donors (Lipinski definition) is 1. The van der Waals surface area contributed by atoms with Crippen molar-refractivity contribution in [3.8, 4) is 5.75 Å². The molecule has 0 aromatic heterocycles. The lowest BCUT2D eigenvalue weighted by atomic mass is 9.89. The Morgan fingerprint density at radius 2 is 2.05 bits per heavy atom. The minimum Gasteiger partial charge on any atom is -0.494 e. The molecule has 1 aliphatic carbocycles. The van der Waals surface area contributed by atoms with Gasteiger partial charge in [-0.25, -0.2) is 4.39 Å². The van der Waals surface area contributed by atoms with Gasteiger partial charge in [-0.15, -0.1) is 0 Å². The van der Waals surface area contributed by atoms with Crippen molar-refractivity contribution in [2.24, 2.45) is 5.73 Å². The van der Waals surface area contributed by atoms with Crippen LogP contribution in [0.15, 0.2) is 42.5 Å². The molecule has 1 aliphatic rings. The van der Waals surface area contributed by atoms with E-state index in [0.717, 1.165) is 12.8 Å². The van der Waals surface area contributed by atoms with Crippen molar-refractivity contribution in [3.05, 3.63) is 65.0 Å². The molecule has 110 valence electrons. The second-order valence-electron chi connectivity index (χ2n) is 5.65. The molecule has 2 unspecified atom stereocenters. The van der Waals surface area contributed by atoms with E-state index in [2.05, 4.69) is 24.3 Å². The zero-order valence-electron chi connectivity index (χ0n) is 12.2. The fourth-order valence-electron chi connectivity index (χ4n) is 3.30. The van der Waals surface area contributed by atoms with Crippen LogP contribution in [0.2, 0.25) is 0 Å². The maximum absolute atomic E-state index is 14.2. The Balaban J connectivity index is 1.80. The smallest absolute Gasteiger partial charge is 0.168 e. The van der Waals surface area contributed by atoms with Crippen LogP contribution in [0.1, 0.15) is 29.0 Å². The topological polar surface area (TPSA) is 35.2 Å². The first-order valence-electron chi connectivity index (χ1n) is 7.35. The monoisotopic (exact) mass is 285 g/mol. The van der Waals surface area contributed by atoms with Crippen molar-refractivity contribution < 1.29 is 9.13 Å². The van der Waals surface area contributed by atoms with Gasteiger partial charge < -0.3 is 10.5 Å². The van der Waals surface area contributed by atoms with E-state index < -0.39 is 0 Å². The van der Waals surface area contributed by atoms with Crippen LogP contribution in [0.25, 0.3) is 0 Å². The first-order valence-corrected chi connectivity index (χ1v) is 7.35. The highest BCUT2D eigenvalue weighted by Gasteiger charge is 2.28. The molecule has 2 nitrogen and oxygen atoms in total. The number of aryl methyl sites for hydroxylation is 1. The summed E-state index contributed by atoms with van der Waals surface area (Å²) in [4.78, 5) is 0. The van der Waals surface area contributed by atoms with Gasteiger partial charge in [0.1, 0.15) is 0 Å². The molecule has 0 saturated carbocycles. The van der Waals surface area contributed by atoms with Gasteiger partial charge in [0.25, 0.3) is 0 Å². The zero-order chi connectivity index (χ0) is 14.8. The van der Waals surface area contributed by atoms with Gasteiger partial charge in [0.15, 0.2) is 11.6 Å². The van der Waals surface area contributed by atoms with Gasteiger partial charge in [-0.05, 0) is 47.9 Å². The average molecular weight is 285 g/mol. The van der Waals surface area contributed by atoms with E-state index in [0.29, 0.717) is 17.9 Å². The summed E-state index contributed by atoms with van der Waals surface area (Å²) >= 11 is 0. The summed E-state index contributed by atoms with van der Waals surface area (Å²) in [5, 5.41) is 0. The van der Waals surface area contributed by atoms with Crippen LogP contribution >= 0.6 is 0 Å². The number of benzene rings is 2. The van der Waals surface area contributed by atoms with E-state index in [-0.39, 0.29) is 17.6 Å². The Labute approximate surface area is 124 Å². The quantitative estimate of drug-likeness (QED) is 0.934. The van der Waals surface area contributed by atoms with E-state index >= 15 is 0 Å². The van der Waals surface area contributed by atoms with Crippen molar-refractivity contribution in [1.82, 2.24) is 0 Å². The van der Waals surface area contributed by atoms with Gasteiger partial charge in [0.2, 0.25) is 0 Å². The van der Waals surface area contributed by atoms with Gasteiger partial charge >= 0.3 is 0 Å². The number of nitrogens with two attached hydrogens (primary N) is 1. The summed E-state index contributed by atoms with van der Waals surface area (Å²) in [7, 11) is 1.48. The van der Waals surface area contributed by atoms with E-state index in [9.17, 15) is 4.39 Å². The fourth-order valence-corrected chi connectivity index (χ4v) is 3.30. The summed E-state index contributed by atoms with van der Waals surface area (Å²) in [6, 6.07) is 13.6. The van der Waals surface area contributed by atoms with Crippen molar-refractivity contribution in [2.45, 2.75) is 31.2 Å². The Bertz CT molecular complexity index is 641. The first-order chi connectivity index (χ1) is 10.2. The van der Waals surface area contributed by atoms with Gasteiger partial charge in [0, 0.05) is 6.04 Å². The maximum atomic E-state index is 14.2. The SMILES string of the molecule is COc1cccc(CC(N)C2CCc3ccccc32)c1F. The highest BCUT2D eigenvalue weighted by Crippen LogP contribution is 2.36. The minimum atomic E-state index is -0.290. The molecule has 21 heavy (non-hydrogen) atoms. The van der Waals surface area contributed by atoms with Crippen LogP contribution in [0, 0.1) is 5.82 Å². The summed E-state index contributed by atoms with van der Waals surface area (Å²) < 4.78 is 19.3. The third-order valence-electron chi connectivity index (χ3n) is 4.41. The number of hydrogen-bond acceptors (Lipinski definition) is 2. The summed E-state index contributed by atoms with van der Waals surface area (Å²) in [6.07, 6.45) is 2.64. The van der Waals surface area contributed by atoms with Gasteiger partial charge in [-0.1, -0.05) is 36.4 Å². The molecular formula is C18H20FNO. The standard InChI is InChI=1S/C18H20FNO/c1-21-17-8-4-6-13(18(17)19)11-16(20)15-10-9-12-5-2-3-7-14(12)15/h2-8,15-16H,9-11,20H2,1H3. The molecule has 0 heterocycles. The molecule has 2 aromatic carbocycles. The van der Waals surface area contributed by atoms with Crippen LogP contribution in [0.4, 0.5) is 4.39 Å². The Morgan fingerprint density at radius 1 is 1.24 bits per heavy atom. The van der Waals surface area contributed by atoms with E-state index in [1.54, 1.807) is 12.1 Å². The maximum Gasteiger partial charge on any atom is 0.168 e. The number of fused-ring (bicyclic) bond motifs is 1. The first kappa shape index (κ1) is 14.1. The lowest BCUT2D eigenvalue weighted by Crippen LogP contribution is -2.30. The molecule has 3 heteroatoms. The summed E-state index contributed by atoms with van der Waals surface area (Å²) in [5.41, 5.74) is 9.72. The number of methoxy groups -OCH3 is 1. The number of halogens is 1. The molecule has 2 N–H and O–H groups in total. The van der Waals surface area contributed by atoms with Crippen molar-refractivity contribution in [2.75, 3.05) is 7.11 Å². The molecular weight excluding hydrogens is 265 g/mol. The molecule has 0 spiro atoms. The van der Waals surface area contributed by atoms with E-state index in [4.69, 9.17) is 10.5 Å². The van der Waals surface area contributed by atoms with Gasteiger partial charge in [0.05, 0.1) is 7.11 Å². The second-order valence-corrected chi connectivity index (χ2v) is 5.65. The second kappa shape index (κ2) is 5.86. The van der Waals surface area contributed by atoms with Crippen molar-refractivity contribution in [1.29, 1.82) is 0 Å². The molecule has 0 amide bonds. The lowest BCUT2D eigenvalue weighted by molar-refractivity contribution is 0.382. The Kier molecular flexibility index (Phi) is 3.93. The predicted molar refractivity (Wildman–Crippen MR) is 82.1 cm³/mol. The summed E-state index contributed by atoms with van der Waals surface area (Å²) in [5.74, 6) is 0.306. The van der Waals surface area contributed by atoms with Crippen LogP contribution in [-0.2, 0) is 12.8 Å². The van der Waals surface area contributed by atoms with Crippen LogP contribution in [0.3, 0.4) is 0 Å². The molecule has 2 atom stereocenters. The lowest BCUT2D eigenvalue weighted by Gasteiger charge is -2.21. The molecule has 0 aliphatic heterocycles.